The van der Waals surface area contributed by atoms with Gasteiger partial charge in [-0.05, 0) is 50.4 Å². The lowest BCUT2D eigenvalue weighted by atomic mass is 9.82. The molecule has 96 valence electrons. The minimum atomic E-state index is 0.368. The summed E-state index contributed by atoms with van der Waals surface area (Å²) in [5.74, 6) is 1.68. The summed E-state index contributed by atoms with van der Waals surface area (Å²) in [6.45, 7) is 7.74. The van der Waals surface area contributed by atoms with Crippen molar-refractivity contribution in [3.8, 4) is 0 Å². The molecule has 0 radical (unpaired) electrons. The van der Waals surface area contributed by atoms with Crippen molar-refractivity contribution >= 4 is 0 Å². The summed E-state index contributed by atoms with van der Waals surface area (Å²) in [4.78, 5) is 0. The lowest BCUT2D eigenvalue weighted by Gasteiger charge is -2.31. The van der Waals surface area contributed by atoms with Crippen LogP contribution in [0.1, 0.15) is 59.3 Å². The van der Waals surface area contributed by atoms with Gasteiger partial charge in [0, 0.05) is 12.6 Å². The molecule has 2 heteroatoms. The van der Waals surface area contributed by atoms with Gasteiger partial charge >= 0.3 is 0 Å². The molecule has 1 saturated carbocycles. The molecule has 0 saturated heterocycles. The Morgan fingerprint density at radius 2 is 1.81 bits per heavy atom. The van der Waals surface area contributed by atoms with Gasteiger partial charge in [-0.3, -0.25) is 0 Å². The average Bonchev–Trinajstić information content (AvgIpc) is 2.22. The fourth-order valence-corrected chi connectivity index (χ4v) is 2.81. The molecule has 2 nitrogen and oxygen atoms in total. The molecular weight excluding hydrogens is 198 g/mol. The Morgan fingerprint density at radius 1 is 1.19 bits per heavy atom. The largest absolute Gasteiger partial charge is 0.378 e. The summed E-state index contributed by atoms with van der Waals surface area (Å²) in [6.07, 6.45) is 7.70. The monoisotopic (exact) mass is 227 g/mol. The number of hydrogen-bond acceptors (Lipinski definition) is 2. The van der Waals surface area contributed by atoms with Crippen molar-refractivity contribution < 1.29 is 4.74 Å². The van der Waals surface area contributed by atoms with E-state index in [1.807, 2.05) is 0 Å². The van der Waals surface area contributed by atoms with Gasteiger partial charge in [-0.1, -0.05) is 20.8 Å². The topological polar surface area (TPSA) is 35.2 Å². The first-order valence-electron chi connectivity index (χ1n) is 6.99. The minimum absolute atomic E-state index is 0.368. The zero-order valence-electron chi connectivity index (χ0n) is 11.2. The van der Waals surface area contributed by atoms with Gasteiger partial charge < -0.3 is 10.5 Å². The van der Waals surface area contributed by atoms with E-state index in [1.54, 1.807) is 0 Å². The van der Waals surface area contributed by atoms with E-state index in [4.69, 9.17) is 10.5 Å². The SMILES string of the molecule is CCC(N)CCCOC1CC(C)CC(C)C1. The fourth-order valence-electron chi connectivity index (χ4n) is 2.81. The number of hydrogen-bond donors (Lipinski definition) is 1. The van der Waals surface area contributed by atoms with Crippen LogP contribution in [0.4, 0.5) is 0 Å². The van der Waals surface area contributed by atoms with Crippen molar-refractivity contribution in [3.63, 3.8) is 0 Å². The summed E-state index contributed by atoms with van der Waals surface area (Å²) in [7, 11) is 0. The second kappa shape index (κ2) is 7.29. The van der Waals surface area contributed by atoms with Crippen LogP contribution >= 0.6 is 0 Å². The van der Waals surface area contributed by atoms with Gasteiger partial charge in [0.2, 0.25) is 0 Å². The molecular formula is C14H29NO. The molecule has 16 heavy (non-hydrogen) atoms. The highest BCUT2D eigenvalue weighted by Gasteiger charge is 2.24. The number of ether oxygens (including phenoxy) is 1. The maximum Gasteiger partial charge on any atom is 0.0580 e. The molecule has 1 aliphatic carbocycles. The van der Waals surface area contributed by atoms with E-state index in [0.29, 0.717) is 12.1 Å². The highest BCUT2D eigenvalue weighted by Crippen LogP contribution is 2.30. The predicted octanol–water partition coefficient (Wildman–Crippen LogP) is 3.35. The van der Waals surface area contributed by atoms with Crippen molar-refractivity contribution in [1.82, 2.24) is 0 Å². The Labute approximate surface area is 101 Å². The van der Waals surface area contributed by atoms with Gasteiger partial charge in [-0.2, -0.15) is 0 Å². The maximum absolute atomic E-state index is 5.96. The van der Waals surface area contributed by atoms with Gasteiger partial charge in [0.1, 0.15) is 0 Å². The van der Waals surface area contributed by atoms with Crippen molar-refractivity contribution in [3.05, 3.63) is 0 Å². The highest BCUT2D eigenvalue weighted by atomic mass is 16.5. The van der Waals surface area contributed by atoms with Crippen LogP contribution < -0.4 is 5.73 Å². The fraction of sp³-hybridized carbons (Fsp3) is 1.00. The Hall–Kier alpha value is -0.0800. The molecule has 2 N–H and O–H groups in total. The lowest BCUT2D eigenvalue weighted by Crippen LogP contribution is -2.27. The van der Waals surface area contributed by atoms with Crippen LogP contribution in [-0.4, -0.2) is 18.8 Å². The van der Waals surface area contributed by atoms with Crippen LogP contribution in [0.2, 0.25) is 0 Å². The first kappa shape index (κ1) is 14.0. The predicted molar refractivity (Wildman–Crippen MR) is 69.4 cm³/mol. The van der Waals surface area contributed by atoms with Crippen LogP contribution in [0.15, 0.2) is 0 Å². The molecule has 0 heterocycles. The molecule has 0 aromatic heterocycles. The van der Waals surface area contributed by atoms with Crippen molar-refractivity contribution in [1.29, 1.82) is 0 Å². The molecule has 0 amide bonds. The molecule has 1 rings (SSSR count). The first-order valence-corrected chi connectivity index (χ1v) is 6.99. The Balaban J connectivity index is 2.08. The molecule has 0 aliphatic heterocycles. The molecule has 3 unspecified atom stereocenters. The summed E-state index contributed by atoms with van der Waals surface area (Å²) in [5.41, 5.74) is 5.88. The van der Waals surface area contributed by atoms with Gasteiger partial charge in [0.05, 0.1) is 6.10 Å². The van der Waals surface area contributed by atoms with E-state index in [-0.39, 0.29) is 0 Å². The summed E-state index contributed by atoms with van der Waals surface area (Å²) in [5, 5.41) is 0. The Morgan fingerprint density at radius 3 is 2.38 bits per heavy atom. The smallest absolute Gasteiger partial charge is 0.0580 e. The van der Waals surface area contributed by atoms with Crippen LogP contribution in [0.5, 0.6) is 0 Å². The molecule has 0 aromatic rings. The van der Waals surface area contributed by atoms with Crippen LogP contribution in [0.3, 0.4) is 0 Å². The molecule has 0 aromatic carbocycles. The second-order valence-corrected chi connectivity index (χ2v) is 5.72. The zero-order chi connectivity index (χ0) is 12.0. The molecule has 1 aliphatic rings. The van der Waals surface area contributed by atoms with Crippen LogP contribution in [-0.2, 0) is 4.74 Å². The van der Waals surface area contributed by atoms with Gasteiger partial charge in [-0.25, -0.2) is 0 Å². The van der Waals surface area contributed by atoms with Gasteiger partial charge in [0.15, 0.2) is 0 Å². The van der Waals surface area contributed by atoms with E-state index in [1.165, 1.54) is 19.3 Å². The maximum atomic E-state index is 5.96. The normalized spacial score (nSPS) is 32.6. The third kappa shape index (κ3) is 5.31. The van der Waals surface area contributed by atoms with Crippen LogP contribution in [0.25, 0.3) is 0 Å². The highest BCUT2D eigenvalue weighted by molar-refractivity contribution is 4.75. The van der Waals surface area contributed by atoms with E-state index in [9.17, 15) is 0 Å². The summed E-state index contributed by atoms with van der Waals surface area (Å²) < 4.78 is 5.96. The quantitative estimate of drug-likeness (QED) is 0.706. The third-order valence-corrected chi connectivity index (χ3v) is 3.73. The van der Waals surface area contributed by atoms with Crippen molar-refractivity contribution in [2.45, 2.75) is 71.4 Å². The summed E-state index contributed by atoms with van der Waals surface area (Å²) in [6, 6.07) is 0.368. The standard InChI is InChI=1S/C14H29NO/c1-4-13(15)6-5-7-16-14-9-11(2)8-12(3)10-14/h11-14H,4-10,15H2,1-3H3. The number of rotatable bonds is 6. The molecule has 0 bridgehead atoms. The zero-order valence-corrected chi connectivity index (χ0v) is 11.2. The average molecular weight is 227 g/mol. The van der Waals surface area contributed by atoms with E-state index in [0.717, 1.165) is 37.7 Å². The van der Waals surface area contributed by atoms with Gasteiger partial charge in [-0.15, -0.1) is 0 Å². The third-order valence-electron chi connectivity index (χ3n) is 3.73. The first-order chi connectivity index (χ1) is 7.61. The molecule has 1 fully saturated rings. The molecule has 0 spiro atoms. The summed E-state index contributed by atoms with van der Waals surface area (Å²) >= 11 is 0. The lowest BCUT2D eigenvalue weighted by molar-refractivity contribution is -0.000932. The van der Waals surface area contributed by atoms with E-state index >= 15 is 0 Å². The molecule has 3 atom stereocenters. The van der Waals surface area contributed by atoms with E-state index < -0.39 is 0 Å². The number of nitrogens with two attached hydrogens (primary N) is 1. The minimum Gasteiger partial charge on any atom is -0.378 e. The van der Waals surface area contributed by atoms with Crippen molar-refractivity contribution in [2.24, 2.45) is 17.6 Å². The van der Waals surface area contributed by atoms with Crippen LogP contribution in [0, 0.1) is 11.8 Å². The second-order valence-electron chi connectivity index (χ2n) is 5.72. The Kier molecular flexibility index (Phi) is 6.37. The van der Waals surface area contributed by atoms with Crippen molar-refractivity contribution in [2.75, 3.05) is 6.61 Å². The Bertz CT molecular complexity index is 174. The van der Waals surface area contributed by atoms with E-state index in [2.05, 4.69) is 20.8 Å². The van der Waals surface area contributed by atoms with Gasteiger partial charge in [0.25, 0.3) is 0 Å².